The Hall–Kier alpha value is -3.84. The predicted molar refractivity (Wildman–Crippen MR) is 359 cm³/mol. The summed E-state index contributed by atoms with van der Waals surface area (Å²) in [6, 6.07) is -2.27. The van der Waals surface area contributed by atoms with Crippen LogP contribution in [0.4, 0.5) is 0 Å². The van der Waals surface area contributed by atoms with Crippen molar-refractivity contribution < 1.29 is 62.8 Å². The minimum atomic E-state index is -0.861. The summed E-state index contributed by atoms with van der Waals surface area (Å²) in [5, 5.41) is 20.9. The number of rotatable bonds is 24. The van der Waals surface area contributed by atoms with Crippen LogP contribution in [0.2, 0.25) is 0 Å². The van der Waals surface area contributed by atoms with Gasteiger partial charge in [0, 0.05) is 0 Å². The van der Waals surface area contributed by atoms with Crippen molar-refractivity contribution in [2.24, 2.45) is 41.1 Å². The van der Waals surface area contributed by atoms with Gasteiger partial charge >= 0.3 is 29.8 Å². The van der Waals surface area contributed by atoms with E-state index < -0.39 is 46.9 Å². The van der Waals surface area contributed by atoms with Crippen molar-refractivity contribution in [1.82, 2.24) is 15.1 Å². The van der Waals surface area contributed by atoms with Gasteiger partial charge in [0.1, 0.15) is 64.4 Å². The quantitative estimate of drug-likeness (QED) is 0.0444. The van der Waals surface area contributed by atoms with E-state index in [1.54, 1.807) is 18.9 Å². The molecule has 522 valence electrons. The number of hydrogen-bond donors (Lipinski definition) is 5. The molecule has 0 heterocycles. The van der Waals surface area contributed by atoms with Crippen molar-refractivity contribution in [2.75, 3.05) is 33.7 Å². The molecular formula is C71H135N5O13. The molecule has 7 N–H and O–H groups in total. The summed E-state index contributed by atoms with van der Waals surface area (Å²) in [6.07, 6.45) is 34.5. The van der Waals surface area contributed by atoms with E-state index >= 15 is 0 Å². The number of carboxylic acid groups (broad SMARTS) is 2. The van der Waals surface area contributed by atoms with E-state index in [0.717, 1.165) is 32.1 Å². The molecule has 0 aromatic carbocycles. The molecule has 0 radical (unpaired) electrons. The number of esters is 3. The number of carbonyl (C=O) groups excluding carboxylic acids is 6. The minimum absolute atomic E-state index is 0. The number of nitrogens with two attached hydrogens (primary N) is 2. The SMILES string of the molecule is C.CC.CC(=O)CN(C)[C@H](CC1CCCCC1)C(=O)O.CC(=O)CN(C)[C@H](CC1CCCCC1)C(=O)OC(C)(C)C.CC(=O)CN[C@H](CC1CCCCC1)C(=O)OC(C)(C)C.CC(C)(C)OC(=O)[C@H](N)CC1CCCCC1.N[C@H](CC1CCCCC1)C(=O)O. The molecule has 0 aromatic heterocycles. The van der Waals surface area contributed by atoms with Crippen LogP contribution >= 0.6 is 0 Å². The number of aliphatic carboxylic acids is 2. The molecule has 0 unspecified atom stereocenters. The predicted octanol–water partition coefficient (Wildman–Crippen LogP) is 13.6. The Morgan fingerprint density at radius 1 is 0.416 bits per heavy atom. The summed E-state index contributed by atoms with van der Waals surface area (Å²) in [6.45, 7) is 26.2. The van der Waals surface area contributed by atoms with Gasteiger partial charge in [-0.1, -0.05) is 182 Å². The summed E-state index contributed by atoms with van der Waals surface area (Å²) in [5.41, 5.74) is 9.93. The number of ether oxygens (including phenoxy) is 3. The average molecular weight is 1270 g/mol. The Morgan fingerprint density at radius 2 is 0.697 bits per heavy atom. The Bertz CT molecular complexity index is 1970. The van der Waals surface area contributed by atoms with Crippen LogP contribution in [0.1, 0.15) is 297 Å². The molecule has 0 saturated heterocycles. The minimum Gasteiger partial charge on any atom is -0.480 e. The second kappa shape index (κ2) is 47.1. The molecule has 0 amide bonds. The van der Waals surface area contributed by atoms with E-state index in [4.69, 9.17) is 30.8 Å². The molecule has 5 saturated carbocycles. The van der Waals surface area contributed by atoms with Crippen LogP contribution in [0, 0.1) is 29.6 Å². The van der Waals surface area contributed by atoms with Crippen molar-refractivity contribution >= 4 is 47.2 Å². The third-order valence-electron chi connectivity index (χ3n) is 16.8. The van der Waals surface area contributed by atoms with Gasteiger partial charge in [-0.2, -0.15) is 0 Å². The highest BCUT2D eigenvalue weighted by Crippen LogP contribution is 2.32. The lowest BCUT2D eigenvalue weighted by Crippen LogP contribution is -2.45. The zero-order valence-electron chi connectivity index (χ0n) is 58.5. The van der Waals surface area contributed by atoms with Crippen LogP contribution in [-0.2, 0) is 52.6 Å². The van der Waals surface area contributed by atoms with Gasteiger partial charge in [-0.3, -0.25) is 53.5 Å². The van der Waals surface area contributed by atoms with E-state index in [1.165, 1.54) is 162 Å². The maximum absolute atomic E-state index is 12.5. The maximum atomic E-state index is 12.5. The lowest BCUT2D eigenvalue weighted by molar-refractivity contribution is -0.162. The summed E-state index contributed by atoms with van der Waals surface area (Å²) in [7, 11) is 3.57. The van der Waals surface area contributed by atoms with Gasteiger partial charge in [-0.15, -0.1) is 0 Å². The molecule has 5 aliphatic carbocycles. The molecule has 5 fully saturated rings. The highest BCUT2D eigenvalue weighted by atomic mass is 16.6. The first kappa shape index (κ1) is 87.2. The Morgan fingerprint density at radius 3 is 1.00 bits per heavy atom. The first-order valence-corrected chi connectivity index (χ1v) is 34.3. The number of nitrogens with zero attached hydrogens (tertiary/aromatic N) is 2. The lowest BCUT2D eigenvalue weighted by Gasteiger charge is -2.32. The number of carbonyl (C=O) groups is 8. The summed E-state index contributed by atoms with van der Waals surface area (Å²) < 4.78 is 16.3. The van der Waals surface area contributed by atoms with Crippen LogP contribution in [0.15, 0.2) is 0 Å². The van der Waals surface area contributed by atoms with Gasteiger partial charge in [0.05, 0.1) is 19.6 Å². The van der Waals surface area contributed by atoms with E-state index in [9.17, 15) is 43.5 Å². The van der Waals surface area contributed by atoms with Crippen molar-refractivity contribution in [2.45, 2.75) is 344 Å². The molecule has 18 heteroatoms. The van der Waals surface area contributed by atoms with Crippen molar-refractivity contribution in [3.8, 4) is 0 Å². The lowest BCUT2D eigenvalue weighted by atomic mass is 9.84. The number of likely N-dealkylation sites (N-methyl/N-ethyl adjacent to an activating group) is 2. The number of hydrogen-bond acceptors (Lipinski definition) is 16. The summed E-state index contributed by atoms with van der Waals surface area (Å²) in [4.78, 5) is 95.2. The van der Waals surface area contributed by atoms with Gasteiger partial charge in [0.2, 0.25) is 0 Å². The van der Waals surface area contributed by atoms with Crippen LogP contribution in [0.5, 0.6) is 0 Å². The maximum Gasteiger partial charge on any atom is 0.323 e. The molecule has 5 atom stereocenters. The fourth-order valence-corrected chi connectivity index (χ4v) is 12.5. The van der Waals surface area contributed by atoms with Gasteiger partial charge in [-0.25, -0.2) is 0 Å². The highest BCUT2D eigenvalue weighted by Gasteiger charge is 2.34. The first-order chi connectivity index (χ1) is 41.0. The topological polar surface area (TPSA) is 275 Å². The van der Waals surface area contributed by atoms with Crippen LogP contribution < -0.4 is 16.8 Å². The molecule has 0 aromatic rings. The molecule has 5 rings (SSSR count). The number of ketones is 3. The summed E-state index contributed by atoms with van der Waals surface area (Å²) >= 11 is 0. The monoisotopic (exact) mass is 1270 g/mol. The van der Waals surface area contributed by atoms with E-state index in [2.05, 4.69) is 5.32 Å². The fourth-order valence-electron chi connectivity index (χ4n) is 12.5. The van der Waals surface area contributed by atoms with E-state index in [-0.39, 0.29) is 67.9 Å². The first-order valence-electron chi connectivity index (χ1n) is 34.3. The third-order valence-corrected chi connectivity index (χ3v) is 16.8. The van der Waals surface area contributed by atoms with Gasteiger partial charge < -0.3 is 35.9 Å². The average Bonchev–Trinajstić information content (AvgIpc) is 2.48. The molecule has 89 heavy (non-hydrogen) atoms. The Balaban J connectivity index is 0. The molecular weight excluding hydrogens is 1130 g/mol. The van der Waals surface area contributed by atoms with E-state index in [0.29, 0.717) is 49.0 Å². The highest BCUT2D eigenvalue weighted by molar-refractivity contribution is 5.81. The van der Waals surface area contributed by atoms with Gasteiger partial charge in [0.15, 0.2) is 0 Å². The molecule has 18 nitrogen and oxygen atoms in total. The largest absolute Gasteiger partial charge is 0.480 e. The van der Waals surface area contributed by atoms with Crippen molar-refractivity contribution in [3.63, 3.8) is 0 Å². The molecule has 0 spiro atoms. The van der Waals surface area contributed by atoms with Crippen LogP contribution in [0.3, 0.4) is 0 Å². The Labute approximate surface area is 541 Å². The Kier molecular flexibility index (Phi) is 46.2. The van der Waals surface area contributed by atoms with Crippen LogP contribution in [0.25, 0.3) is 0 Å². The van der Waals surface area contributed by atoms with Gasteiger partial charge in [0.25, 0.3) is 0 Å². The second-order valence-corrected chi connectivity index (χ2v) is 29.1. The normalized spacial score (nSPS) is 19.0. The fraction of sp³-hybridized carbons (Fsp3) is 0.887. The number of Topliss-reactive ketones (excluding diaryl/α,β-unsaturated/α-hetero) is 3. The molecule has 0 aliphatic heterocycles. The summed E-state index contributed by atoms with van der Waals surface area (Å²) in [5.74, 6) is 0.630. The van der Waals surface area contributed by atoms with Crippen LogP contribution in [-0.4, -0.2) is 148 Å². The third kappa shape index (κ3) is 45.2. The number of nitrogens with one attached hydrogen (secondary N) is 1. The van der Waals surface area contributed by atoms with E-state index in [1.807, 2.05) is 88.1 Å². The molecule has 0 bridgehead atoms. The molecule has 5 aliphatic rings. The second-order valence-electron chi connectivity index (χ2n) is 29.1. The van der Waals surface area contributed by atoms with Crippen molar-refractivity contribution in [3.05, 3.63) is 0 Å². The number of carboxylic acids is 2. The van der Waals surface area contributed by atoms with Crippen molar-refractivity contribution in [1.29, 1.82) is 0 Å². The zero-order valence-corrected chi connectivity index (χ0v) is 58.5. The zero-order chi connectivity index (χ0) is 67.2. The van der Waals surface area contributed by atoms with Gasteiger partial charge in [-0.05, 0) is 159 Å². The standard InChI is InChI=1S/C17H31NO3.C16H29NO3.C13H23NO3.C13H25NO2.C9H17NO2.C2H6.CH4/c1-13(19)12-18(5)15(16(20)21-17(2,3)4)11-14-9-7-6-8-10-14;1-12(18)11-17-14(15(19)20-16(2,3)4)10-13-8-6-5-7-9-13;1-10(15)9-14(2)12(13(16)17)8-11-6-4-3-5-7-11;1-13(2,3)16-12(15)11(14)9-10-7-5-4-6-8-10;10-8(9(11)12)6-7-4-2-1-3-5-7;1-2;/h14-15H,6-12H2,1-5H3;13-14,17H,5-11H2,1-4H3;11-12H,3-9H2,1-2H3,(H,16,17);10-11H,4-9,14H2,1-3H3;7-8H,1-6,10H2,(H,11,12);1-2H3;1H4/t15-;14-;12-;11-;8-;;/m11111../s1. The smallest absolute Gasteiger partial charge is 0.323 e.